The zero-order valence-electron chi connectivity index (χ0n) is 15.7. The Kier molecular flexibility index (Phi) is 6.87. The smallest absolute Gasteiger partial charge is 0.378 e. The zero-order valence-corrected chi connectivity index (χ0v) is 17.3. The average molecular weight is 444 g/mol. The van der Waals surface area contributed by atoms with Crippen LogP contribution in [-0.2, 0) is 10.9 Å². The van der Waals surface area contributed by atoms with Crippen LogP contribution in [0.5, 0.6) is 0 Å². The summed E-state index contributed by atoms with van der Waals surface area (Å²) >= 11 is 10.9. The van der Waals surface area contributed by atoms with Crippen LogP contribution in [0.3, 0.4) is 0 Å². The second-order valence-corrected chi connectivity index (χ2v) is 7.52. The molecule has 0 radical (unpaired) electrons. The Bertz CT molecular complexity index is 855. The molecule has 1 saturated heterocycles. The maximum Gasteiger partial charge on any atom is 0.417 e. The van der Waals surface area contributed by atoms with Crippen molar-refractivity contribution in [1.29, 1.82) is 0 Å². The molecule has 0 aromatic heterocycles. The summed E-state index contributed by atoms with van der Waals surface area (Å²) in [6.07, 6.45) is -4.53. The molecule has 1 atom stereocenters. The van der Waals surface area contributed by atoms with Gasteiger partial charge in [-0.2, -0.15) is 13.2 Å². The van der Waals surface area contributed by atoms with E-state index in [-0.39, 0.29) is 21.9 Å². The molecule has 29 heavy (non-hydrogen) atoms. The van der Waals surface area contributed by atoms with Gasteiger partial charge in [0.15, 0.2) is 5.11 Å². The summed E-state index contributed by atoms with van der Waals surface area (Å²) < 4.78 is 44.3. The number of benzene rings is 2. The van der Waals surface area contributed by atoms with Crippen molar-refractivity contribution in [3.8, 4) is 0 Å². The minimum absolute atomic E-state index is 0.122. The van der Waals surface area contributed by atoms with E-state index in [2.05, 4.69) is 15.5 Å². The van der Waals surface area contributed by atoms with E-state index >= 15 is 0 Å². The number of nitrogens with zero attached hydrogens (tertiary/aromatic N) is 1. The number of thiocarbonyl (C=S) groups is 1. The number of hydrogen-bond donors (Lipinski definition) is 2. The van der Waals surface area contributed by atoms with Gasteiger partial charge in [-0.3, -0.25) is 0 Å². The predicted octanol–water partition coefficient (Wildman–Crippen LogP) is 5.24. The number of hydrogen-bond acceptors (Lipinski definition) is 3. The molecule has 1 heterocycles. The van der Waals surface area contributed by atoms with Gasteiger partial charge in [-0.15, -0.1) is 0 Å². The highest BCUT2D eigenvalue weighted by Gasteiger charge is 2.33. The molecule has 2 aromatic carbocycles. The van der Waals surface area contributed by atoms with Gasteiger partial charge in [0.05, 0.1) is 29.8 Å². The molecule has 2 aromatic rings. The molecular weight excluding hydrogens is 423 g/mol. The average Bonchev–Trinajstić information content (AvgIpc) is 2.69. The summed E-state index contributed by atoms with van der Waals surface area (Å²) in [4.78, 5) is 2.26. The van der Waals surface area contributed by atoms with Crippen molar-refractivity contribution in [1.82, 2.24) is 5.32 Å². The molecule has 0 spiro atoms. The minimum Gasteiger partial charge on any atom is -0.378 e. The first-order valence-electron chi connectivity index (χ1n) is 9.11. The number of ether oxygens (including phenoxy) is 1. The summed E-state index contributed by atoms with van der Waals surface area (Å²) in [6.45, 7) is 5.10. The summed E-state index contributed by atoms with van der Waals surface area (Å²) in [5.41, 5.74) is 1.46. The molecule has 0 amide bonds. The Hall–Kier alpha value is -2.03. The van der Waals surface area contributed by atoms with Gasteiger partial charge in [0.1, 0.15) is 0 Å². The van der Waals surface area contributed by atoms with Crippen molar-refractivity contribution in [3.63, 3.8) is 0 Å². The van der Waals surface area contributed by atoms with Crippen molar-refractivity contribution in [2.45, 2.75) is 19.1 Å². The summed E-state index contributed by atoms with van der Waals surface area (Å²) in [5.74, 6) is 0. The van der Waals surface area contributed by atoms with E-state index in [9.17, 15) is 13.2 Å². The minimum atomic E-state index is -4.53. The number of nitrogens with one attached hydrogen (secondary N) is 2. The quantitative estimate of drug-likeness (QED) is 0.632. The van der Waals surface area contributed by atoms with Crippen LogP contribution >= 0.6 is 23.8 Å². The van der Waals surface area contributed by atoms with Gasteiger partial charge in [0.2, 0.25) is 0 Å². The van der Waals surface area contributed by atoms with Crippen molar-refractivity contribution in [2.75, 3.05) is 36.5 Å². The summed E-state index contributed by atoms with van der Waals surface area (Å²) in [6, 6.07) is 11.6. The van der Waals surface area contributed by atoms with E-state index in [1.165, 1.54) is 12.1 Å². The second-order valence-electron chi connectivity index (χ2n) is 6.70. The maximum atomic E-state index is 13.0. The molecule has 1 fully saturated rings. The lowest BCUT2D eigenvalue weighted by molar-refractivity contribution is -0.137. The number of rotatable bonds is 4. The lowest BCUT2D eigenvalue weighted by Gasteiger charge is -2.29. The first kappa shape index (κ1) is 21.7. The Morgan fingerprint density at radius 2 is 1.79 bits per heavy atom. The molecule has 2 N–H and O–H groups in total. The van der Waals surface area contributed by atoms with Crippen LogP contribution in [0, 0.1) is 0 Å². The van der Waals surface area contributed by atoms with E-state index < -0.39 is 11.7 Å². The molecule has 0 saturated carbocycles. The Morgan fingerprint density at radius 3 is 2.41 bits per heavy atom. The summed E-state index contributed by atoms with van der Waals surface area (Å²) in [7, 11) is 0. The van der Waals surface area contributed by atoms with Gasteiger partial charge in [-0.05, 0) is 55.0 Å². The first-order valence-corrected chi connectivity index (χ1v) is 9.89. The number of alkyl halides is 3. The van der Waals surface area contributed by atoms with Crippen LogP contribution in [0.4, 0.5) is 24.5 Å². The summed E-state index contributed by atoms with van der Waals surface area (Å²) in [5, 5.41) is 5.75. The SMILES string of the molecule is C[C@@H](NC(=S)Nc1ccc(Cl)c(C(F)(F)F)c1)c1ccc(N2CCOCC2)cc1. The normalized spacial score (nSPS) is 15.7. The molecule has 156 valence electrons. The highest BCUT2D eigenvalue weighted by atomic mass is 35.5. The van der Waals surface area contributed by atoms with Gasteiger partial charge in [-0.1, -0.05) is 23.7 Å². The third kappa shape index (κ3) is 5.74. The molecule has 3 rings (SSSR count). The van der Waals surface area contributed by atoms with Crippen LogP contribution < -0.4 is 15.5 Å². The standard InChI is InChI=1S/C20H21ClF3N3OS/c1-13(14-2-5-16(6-3-14)27-8-10-28-11-9-27)25-19(29)26-15-4-7-18(21)17(12-15)20(22,23)24/h2-7,12-13H,8-11H2,1H3,(H2,25,26,29)/t13-/m1/s1. The monoisotopic (exact) mass is 443 g/mol. The molecule has 1 aliphatic heterocycles. The first-order chi connectivity index (χ1) is 13.7. The van der Waals surface area contributed by atoms with E-state index in [1.807, 2.05) is 31.2 Å². The number of morpholine rings is 1. The Morgan fingerprint density at radius 1 is 1.14 bits per heavy atom. The third-order valence-corrected chi connectivity index (χ3v) is 5.20. The van der Waals surface area contributed by atoms with Crippen molar-refractivity contribution in [3.05, 3.63) is 58.6 Å². The van der Waals surface area contributed by atoms with Crippen molar-refractivity contribution >= 4 is 40.3 Å². The van der Waals surface area contributed by atoms with E-state index in [0.717, 1.165) is 43.6 Å². The Balaban J connectivity index is 1.60. The van der Waals surface area contributed by atoms with E-state index in [1.54, 1.807) is 0 Å². The fourth-order valence-corrected chi connectivity index (χ4v) is 3.58. The van der Waals surface area contributed by atoms with Crippen LogP contribution in [-0.4, -0.2) is 31.4 Å². The molecule has 0 bridgehead atoms. The van der Waals surface area contributed by atoms with Crippen LogP contribution in [0.25, 0.3) is 0 Å². The largest absolute Gasteiger partial charge is 0.417 e. The molecule has 0 unspecified atom stereocenters. The van der Waals surface area contributed by atoms with E-state index in [0.29, 0.717) is 0 Å². The van der Waals surface area contributed by atoms with Gasteiger partial charge < -0.3 is 20.3 Å². The van der Waals surface area contributed by atoms with Gasteiger partial charge in [0.25, 0.3) is 0 Å². The van der Waals surface area contributed by atoms with Crippen LogP contribution in [0.1, 0.15) is 24.1 Å². The zero-order chi connectivity index (χ0) is 21.0. The van der Waals surface area contributed by atoms with Gasteiger partial charge in [0, 0.05) is 24.5 Å². The molecule has 0 aliphatic carbocycles. The molecule has 9 heteroatoms. The van der Waals surface area contributed by atoms with Gasteiger partial charge in [-0.25, -0.2) is 0 Å². The van der Waals surface area contributed by atoms with Crippen LogP contribution in [0.2, 0.25) is 5.02 Å². The fraction of sp³-hybridized carbons (Fsp3) is 0.350. The molecule has 4 nitrogen and oxygen atoms in total. The fourth-order valence-electron chi connectivity index (χ4n) is 3.06. The third-order valence-electron chi connectivity index (χ3n) is 4.65. The van der Waals surface area contributed by atoms with E-state index in [4.69, 9.17) is 28.6 Å². The number of halogens is 4. The predicted molar refractivity (Wildman–Crippen MR) is 114 cm³/mol. The highest BCUT2D eigenvalue weighted by molar-refractivity contribution is 7.80. The van der Waals surface area contributed by atoms with Crippen molar-refractivity contribution in [2.24, 2.45) is 0 Å². The highest BCUT2D eigenvalue weighted by Crippen LogP contribution is 2.36. The molecular formula is C20H21ClF3N3OS. The molecule has 1 aliphatic rings. The second kappa shape index (κ2) is 9.19. The van der Waals surface area contributed by atoms with Crippen molar-refractivity contribution < 1.29 is 17.9 Å². The van der Waals surface area contributed by atoms with Gasteiger partial charge >= 0.3 is 6.18 Å². The topological polar surface area (TPSA) is 36.5 Å². The lowest BCUT2D eigenvalue weighted by atomic mass is 10.1. The van der Waals surface area contributed by atoms with Crippen LogP contribution in [0.15, 0.2) is 42.5 Å². The maximum absolute atomic E-state index is 13.0. The lowest BCUT2D eigenvalue weighted by Crippen LogP contribution is -2.36. The Labute approximate surface area is 178 Å². The number of anilines is 2.